The minimum Gasteiger partial charge on any atom is -0.382 e. The van der Waals surface area contributed by atoms with Gasteiger partial charge in [0.2, 0.25) is 0 Å². The van der Waals surface area contributed by atoms with E-state index >= 15 is 0 Å². The second kappa shape index (κ2) is 7.79. The lowest BCUT2D eigenvalue weighted by Gasteiger charge is -2.19. The molecule has 3 heterocycles. The van der Waals surface area contributed by atoms with Gasteiger partial charge in [0.15, 0.2) is 0 Å². The van der Waals surface area contributed by atoms with E-state index in [1.165, 1.54) is 16.9 Å². The zero-order valence-corrected chi connectivity index (χ0v) is 16.2. The van der Waals surface area contributed by atoms with E-state index < -0.39 is 23.2 Å². The third-order valence-electron chi connectivity index (χ3n) is 4.67. The minimum atomic E-state index is -0.825. The molecule has 1 aromatic carbocycles. The van der Waals surface area contributed by atoms with Crippen LogP contribution in [-0.4, -0.2) is 19.4 Å². The summed E-state index contributed by atoms with van der Waals surface area (Å²) in [6, 6.07) is 9.10. The number of anilines is 2. The topological polar surface area (TPSA) is 122 Å². The summed E-state index contributed by atoms with van der Waals surface area (Å²) in [6.45, 7) is 1.68. The lowest BCUT2D eigenvalue weighted by atomic mass is 10.0. The maximum absolute atomic E-state index is 13.9. The van der Waals surface area contributed by atoms with E-state index in [9.17, 15) is 18.8 Å². The fraction of sp³-hybridized carbons (Fsp3) is 0.0952. The maximum atomic E-state index is 13.9. The zero-order chi connectivity index (χ0) is 22.1. The van der Waals surface area contributed by atoms with E-state index in [1.54, 1.807) is 25.1 Å². The van der Waals surface area contributed by atoms with Crippen LogP contribution in [0.5, 0.6) is 0 Å². The molecular formula is C21H15F2N7O. The molecule has 0 radical (unpaired) electrons. The Morgan fingerprint density at radius 2 is 1.94 bits per heavy atom. The highest BCUT2D eigenvalue weighted by atomic mass is 19.1. The first kappa shape index (κ1) is 19.9. The van der Waals surface area contributed by atoms with Crippen molar-refractivity contribution in [1.29, 1.82) is 5.26 Å². The minimum absolute atomic E-state index is 0.00818. The first-order chi connectivity index (χ1) is 14.9. The van der Waals surface area contributed by atoms with E-state index in [1.807, 2.05) is 6.07 Å². The van der Waals surface area contributed by atoms with Crippen molar-refractivity contribution < 1.29 is 8.78 Å². The summed E-state index contributed by atoms with van der Waals surface area (Å²) in [6.07, 6.45) is 2.71. The molecule has 4 aromatic rings. The standard InChI is InChI=1S/C21H15F2N7O/c1-11(28-20-15(9-24)19(25)26-10-27-20)18-17(12-6-13(22)8-14(23)7-12)21(31)30-5-3-2-4-16(30)29-18/h2-8,10-11H,1H3,(H3,25,26,27,28)/t11-/m1/s1. The van der Waals surface area contributed by atoms with Gasteiger partial charge in [-0.15, -0.1) is 0 Å². The number of fused-ring (bicyclic) bond motifs is 1. The first-order valence-electron chi connectivity index (χ1n) is 9.14. The summed E-state index contributed by atoms with van der Waals surface area (Å²) in [5.41, 5.74) is 5.90. The summed E-state index contributed by atoms with van der Waals surface area (Å²) in [5.74, 6) is -1.51. The van der Waals surface area contributed by atoms with Crippen LogP contribution in [0.15, 0.2) is 53.7 Å². The van der Waals surface area contributed by atoms with E-state index in [2.05, 4.69) is 20.3 Å². The normalized spacial score (nSPS) is 11.8. The number of nitrogen functional groups attached to an aromatic ring is 1. The molecule has 0 saturated heterocycles. The van der Waals surface area contributed by atoms with Gasteiger partial charge in [-0.1, -0.05) is 6.07 Å². The van der Waals surface area contributed by atoms with Gasteiger partial charge in [0.25, 0.3) is 5.56 Å². The summed E-state index contributed by atoms with van der Waals surface area (Å²) in [5, 5.41) is 12.4. The number of benzene rings is 1. The van der Waals surface area contributed by atoms with Crippen molar-refractivity contribution in [2.75, 3.05) is 11.1 Å². The lowest BCUT2D eigenvalue weighted by molar-refractivity contribution is 0.584. The molecule has 3 aromatic heterocycles. The number of nitriles is 1. The number of aromatic nitrogens is 4. The summed E-state index contributed by atoms with van der Waals surface area (Å²) >= 11 is 0. The Labute approximate surface area is 174 Å². The van der Waals surface area contributed by atoms with Crippen LogP contribution in [-0.2, 0) is 0 Å². The molecule has 8 nitrogen and oxygen atoms in total. The van der Waals surface area contributed by atoms with Crippen molar-refractivity contribution in [3.8, 4) is 17.2 Å². The number of rotatable bonds is 4. The van der Waals surface area contributed by atoms with E-state index in [0.717, 1.165) is 18.2 Å². The Balaban J connectivity index is 1.94. The third-order valence-corrected chi connectivity index (χ3v) is 4.67. The van der Waals surface area contributed by atoms with Crippen molar-refractivity contribution >= 4 is 17.3 Å². The molecule has 0 aliphatic heterocycles. The van der Waals surface area contributed by atoms with Gasteiger partial charge in [0.05, 0.1) is 17.3 Å². The first-order valence-corrected chi connectivity index (χ1v) is 9.14. The molecule has 0 saturated carbocycles. The number of halogens is 2. The Hall–Kier alpha value is -4.39. The van der Waals surface area contributed by atoms with Crippen molar-refractivity contribution in [3.63, 3.8) is 0 Å². The van der Waals surface area contributed by atoms with Crippen molar-refractivity contribution in [2.45, 2.75) is 13.0 Å². The smallest absolute Gasteiger partial charge is 0.266 e. The summed E-state index contributed by atoms with van der Waals surface area (Å²) in [4.78, 5) is 25.6. The van der Waals surface area contributed by atoms with Crippen LogP contribution in [0.4, 0.5) is 20.4 Å². The molecule has 0 spiro atoms. The van der Waals surface area contributed by atoms with Crippen LogP contribution in [0.3, 0.4) is 0 Å². The quantitative estimate of drug-likeness (QED) is 0.521. The number of nitrogens with one attached hydrogen (secondary N) is 1. The molecule has 3 N–H and O–H groups in total. The van der Waals surface area contributed by atoms with Gasteiger partial charge in [-0.2, -0.15) is 5.26 Å². The highest BCUT2D eigenvalue weighted by Gasteiger charge is 2.22. The molecule has 0 unspecified atom stereocenters. The summed E-state index contributed by atoms with van der Waals surface area (Å²) < 4.78 is 29.2. The van der Waals surface area contributed by atoms with Crippen LogP contribution in [0.1, 0.15) is 24.2 Å². The van der Waals surface area contributed by atoms with Crippen LogP contribution in [0.2, 0.25) is 0 Å². The maximum Gasteiger partial charge on any atom is 0.266 e. The molecular weight excluding hydrogens is 404 g/mol. The van der Waals surface area contributed by atoms with Crippen LogP contribution in [0.25, 0.3) is 16.8 Å². The fourth-order valence-corrected chi connectivity index (χ4v) is 3.28. The van der Waals surface area contributed by atoms with Gasteiger partial charge >= 0.3 is 0 Å². The predicted octanol–water partition coefficient (Wildman–Crippen LogP) is 3.06. The second-order valence-electron chi connectivity index (χ2n) is 6.72. The Kier molecular flexibility index (Phi) is 5.00. The predicted molar refractivity (Wildman–Crippen MR) is 110 cm³/mol. The van der Waals surface area contributed by atoms with Gasteiger partial charge in [-0.25, -0.2) is 23.7 Å². The number of hydrogen-bond acceptors (Lipinski definition) is 7. The molecule has 4 rings (SSSR count). The summed E-state index contributed by atoms with van der Waals surface area (Å²) in [7, 11) is 0. The Morgan fingerprint density at radius 3 is 2.65 bits per heavy atom. The monoisotopic (exact) mass is 419 g/mol. The number of nitrogens with zero attached hydrogens (tertiary/aromatic N) is 5. The molecule has 0 aliphatic carbocycles. The molecule has 0 aliphatic rings. The molecule has 31 heavy (non-hydrogen) atoms. The molecule has 0 bridgehead atoms. The highest BCUT2D eigenvalue weighted by molar-refractivity contribution is 5.69. The van der Waals surface area contributed by atoms with E-state index in [-0.39, 0.29) is 34.0 Å². The van der Waals surface area contributed by atoms with Crippen LogP contribution >= 0.6 is 0 Å². The van der Waals surface area contributed by atoms with E-state index in [4.69, 9.17) is 5.73 Å². The third kappa shape index (κ3) is 3.64. The highest BCUT2D eigenvalue weighted by Crippen LogP contribution is 2.29. The molecule has 0 amide bonds. The zero-order valence-electron chi connectivity index (χ0n) is 16.2. The Morgan fingerprint density at radius 1 is 1.19 bits per heavy atom. The number of nitrogens with two attached hydrogens (primary N) is 1. The van der Waals surface area contributed by atoms with Gasteiger partial charge in [-0.3, -0.25) is 9.20 Å². The van der Waals surface area contributed by atoms with Crippen molar-refractivity contribution in [2.24, 2.45) is 0 Å². The second-order valence-corrected chi connectivity index (χ2v) is 6.72. The van der Waals surface area contributed by atoms with Crippen LogP contribution < -0.4 is 16.6 Å². The average Bonchev–Trinajstić information content (AvgIpc) is 2.73. The average molecular weight is 419 g/mol. The van der Waals surface area contributed by atoms with Crippen molar-refractivity contribution in [1.82, 2.24) is 19.4 Å². The van der Waals surface area contributed by atoms with Gasteiger partial charge < -0.3 is 11.1 Å². The van der Waals surface area contributed by atoms with Gasteiger partial charge in [-0.05, 0) is 36.8 Å². The van der Waals surface area contributed by atoms with Crippen LogP contribution in [0, 0.1) is 23.0 Å². The Bertz CT molecular complexity index is 1390. The molecule has 10 heteroatoms. The SMILES string of the molecule is C[C@@H](Nc1ncnc(N)c1C#N)c1nc2ccccn2c(=O)c1-c1cc(F)cc(F)c1. The molecule has 154 valence electrons. The number of hydrogen-bond donors (Lipinski definition) is 2. The van der Waals surface area contributed by atoms with E-state index in [0.29, 0.717) is 5.65 Å². The fourth-order valence-electron chi connectivity index (χ4n) is 3.28. The van der Waals surface area contributed by atoms with Gasteiger partial charge in [0.1, 0.15) is 46.9 Å². The number of pyridine rings is 1. The lowest BCUT2D eigenvalue weighted by Crippen LogP contribution is -2.23. The molecule has 0 fully saturated rings. The largest absolute Gasteiger partial charge is 0.382 e. The molecule has 1 atom stereocenters. The van der Waals surface area contributed by atoms with Gasteiger partial charge in [0, 0.05) is 12.3 Å². The van der Waals surface area contributed by atoms with Crippen molar-refractivity contribution in [3.05, 3.63) is 82.2 Å².